The van der Waals surface area contributed by atoms with E-state index in [1.54, 1.807) is 12.4 Å². The van der Waals surface area contributed by atoms with Gasteiger partial charge in [-0.1, -0.05) is 0 Å². The minimum absolute atomic E-state index is 0.477. The van der Waals surface area contributed by atoms with E-state index in [4.69, 9.17) is 10.5 Å². The number of hydrogen-bond donors (Lipinski definition) is 2. The number of benzene rings is 1. The molecule has 2 atom stereocenters. The third kappa shape index (κ3) is 1.55. The summed E-state index contributed by atoms with van der Waals surface area (Å²) >= 11 is 0. The summed E-state index contributed by atoms with van der Waals surface area (Å²) in [6.45, 7) is 3.64. The smallest absolute Gasteiger partial charge is 0.131 e. The molecule has 2 unspecified atom stereocenters. The zero-order chi connectivity index (χ0) is 12.9. The van der Waals surface area contributed by atoms with Gasteiger partial charge in [0.25, 0.3) is 0 Å². The van der Waals surface area contributed by atoms with Crippen LogP contribution in [0.15, 0.2) is 24.5 Å². The third-order valence-corrected chi connectivity index (χ3v) is 3.39. The Morgan fingerprint density at radius 2 is 1.83 bits per heavy atom. The Morgan fingerprint density at radius 1 is 1.22 bits per heavy atom. The molecule has 0 bridgehead atoms. The normalized spacial score (nSPS) is 25.6. The molecule has 2 aromatic rings. The molecule has 3 rings (SSSR count). The number of rotatable bonds is 0. The molecule has 0 aliphatic carbocycles. The summed E-state index contributed by atoms with van der Waals surface area (Å²) in [5, 5.41) is 10.1. The molecule has 1 aromatic carbocycles. The van der Waals surface area contributed by atoms with Crippen molar-refractivity contribution < 1.29 is 9.84 Å². The summed E-state index contributed by atoms with van der Waals surface area (Å²) in [5.41, 5.74) is 7.66. The second-order valence-corrected chi connectivity index (χ2v) is 5.11. The highest BCUT2D eigenvalue weighted by Crippen LogP contribution is 2.39. The number of aliphatic hydroxyl groups excluding tert-OH is 1. The van der Waals surface area contributed by atoms with E-state index in [0.29, 0.717) is 5.75 Å². The first-order valence-electron chi connectivity index (χ1n) is 5.86. The van der Waals surface area contributed by atoms with Gasteiger partial charge in [0, 0.05) is 24.0 Å². The standard InChI is InChI=1S/C13H15N3O2/c1-13(2)12(17)11(14)7-5-8-9(6-10(7)18-13)16-4-3-15-8/h3-6,11-12,17H,14H2,1-2H3. The van der Waals surface area contributed by atoms with Crippen molar-refractivity contribution in [3.8, 4) is 5.75 Å². The molecule has 18 heavy (non-hydrogen) atoms. The molecular weight excluding hydrogens is 230 g/mol. The number of nitrogens with zero attached hydrogens (tertiary/aromatic N) is 2. The molecule has 1 aromatic heterocycles. The fourth-order valence-electron chi connectivity index (χ4n) is 2.30. The van der Waals surface area contributed by atoms with Gasteiger partial charge in [0.2, 0.25) is 0 Å². The van der Waals surface area contributed by atoms with E-state index in [0.717, 1.165) is 16.6 Å². The predicted octanol–water partition coefficient (Wildman–Crippen LogP) is 1.16. The van der Waals surface area contributed by atoms with E-state index >= 15 is 0 Å². The first kappa shape index (κ1) is 11.4. The van der Waals surface area contributed by atoms with Crippen molar-refractivity contribution in [3.05, 3.63) is 30.1 Å². The number of nitrogens with two attached hydrogens (primary N) is 1. The van der Waals surface area contributed by atoms with Crippen molar-refractivity contribution >= 4 is 11.0 Å². The first-order chi connectivity index (χ1) is 8.49. The lowest BCUT2D eigenvalue weighted by Gasteiger charge is -2.40. The average Bonchev–Trinajstić information content (AvgIpc) is 2.34. The van der Waals surface area contributed by atoms with Crippen LogP contribution in [-0.4, -0.2) is 26.8 Å². The average molecular weight is 245 g/mol. The van der Waals surface area contributed by atoms with Crippen LogP contribution in [0.5, 0.6) is 5.75 Å². The Kier molecular flexibility index (Phi) is 2.30. The zero-order valence-corrected chi connectivity index (χ0v) is 10.3. The third-order valence-electron chi connectivity index (χ3n) is 3.39. The van der Waals surface area contributed by atoms with Gasteiger partial charge in [-0.15, -0.1) is 0 Å². The molecule has 0 amide bonds. The molecule has 94 valence electrons. The van der Waals surface area contributed by atoms with Gasteiger partial charge in [-0.05, 0) is 19.9 Å². The quantitative estimate of drug-likeness (QED) is 0.728. The molecule has 2 heterocycles. The topological polar surface area (TPSA) is 81.3 Å². The van der Waals surface area contributed by atoms with Gasteiger partial charge >= 0.3 is 0 Å². The maximum absolute atomic E-state index is 10.1. The molecule has 1 aliphatic heterocycles. The van der Waals surface area contributed by atoms with E-state index in [-0.39, 0.29) is 0 Å². The number of fused-ring (bicyclic) bond motifs is 2. The van der Waals surface area contributed by atoms with Crippen LogP contribution in [-0.2, 0) is 0 Å². The molecular formula is C13H15N3O2. The predicted molar refractivity (Wildman–Crippen MR) is 67.2 cm³/mol. The molecule has 0 radical (unpaired) electrons. The highest BCUT2D eigenvalue weighted by atomic mass is 16.5. The highest BCUT2D eigenvalue weighted by Gasteiger charge is 2.41. The summed E-state index contributed by atoms with van der Waals surface area (Å²) in [7, 11) is 0. The molecule has 0 fully saturated rings. The Hall–Kier alpha value is -1.72. The first-order valence-corrected chi connectivity index (χ1v) is 5.86. The molecule has 3 N–H and O–H groups in total. The van der Waals surface area contributed by atoms with Gasteiger partial charge in [0.15, 0.2) is 0 Å². The maximum atomic E-state index is 10.1. The summed E-state index contributed by atoms with van der Waals surface area (Å²) in [6, 6.07) is 3.18. The monoisotopic (exact) mass is 245 g/mol. The number of aliphatic hydroxyl groups is 1. The van der Waals surface area contributed by atoms with Crippen molar-refractivity contribution in [2.24, 2.45) is 5.73 Å². The van der Waals surface area contributed by atoms with Gasteiger partial charge < -0.3 is 15.6 Å². The second-order valence-electron chi connectivity index (χ2n) is 5.11. The second kappa shape index (κ2) is 3.63. The Balaban J connectivity index is 2.22. The van der Waals surface area contributed by atoms with Gasteiger partial charge in [-0.2, -0.15) is 0 Å². The SMILES string of the molecule is CC1(C)Oc2cc3nccnc3cc2C(N)C1O. The molecule has 0 saturated heterocycles. The van der Waals surface area contributed by atoms with Crippen LogP contribution in [0.4, 0.5) is 0 Å². The van der Waals surface area contributed by atoms with E-state index < -0.39 is 17.7 Å². The van der Waals surface area contributed by atoms with Gasteiger partial charge in [0.1, 0.15) is 17.5 Å². The van der Waals surface area contributed by atoms with Crippen LogP contribution in [0.3, 0.4) is 0 Å². The Bertz CT molecular complexity index is 612. The van der Waals surface area contributed by atoms with Gasteiger partial charge in [0.05, 0.1) is 17.1 Å². The highest BCUT2D eigenvalue weighted by molar-refractivity contribution is 5.77. The summed E-state index contributed by atoms with van der Waals surface area (Å²) in [5.74, 6) is 0.672. The van der Waals surface area contributed by atoms with Crippen molar-refractivity contribution in [1.82, 2.24) is 9.97 Å². The van der Waals surface area contributed by atoms with Crippen molar-refractivity contribution in [2.45, 2.75) is 31.6 Å². The van der Waals surface area contributed by atoms with Gasteiger partial charge in [-0.25, -0.2) is 0 Å². The van der Waals surface area contributed by atoms with Crippen LogP contribution in [0.2, 0.25) is 0 Å². The van der Waals surface area contributed by atoms with Crippen LogP contribution in [0, 0.1) is 0 Å². The minimum atomic E-state index is -0.751. The van der Waals surface area contributed by atoms with E-state index in [2.05, 4.69) is 9.97 Å². The molecule has 5 nitrogen and oxygen atoms in total. The van der Waals surface area contributed by atoms with Crippen molar-refractivity contribution in [3.63, 3.8) is 0 Å². The molecule has 5 heteroatoms. The lowest BCUT2D eigenvalue weighted by molar-refractivity contribution is -0.0570. The van der Waals surface area contributed by atoms with Crippen LogP contribution >= 0.6 is 0 Å². The maximum Gasteiger partial charge on any atom is 0.131 e. The molecule has 1 aliphatic rings. The van der Waals surface area contributed by atoms with Gasteiger partial charge in [-0.3, -0.25) is 9.97 Å². The number of ether oxygens (including phenoxy) is 1. The Labute approximate surface area is 105 Å². The van der Waals surface area contributed by atoms with Crippen LogP contribution < -0.4 is 10.5 Å². The molecule has 0 spiro atoms. The summed E-state index contributed by atoms with van der Waals surface area (Å²) < 4.78 is 5.81. The largest absolute Gasteiger partial charge is 0.485 e. The fraction of sp³-hybridized carbons (Fsp3) is 0.385. The Morgan fingerprint density at radius 3 is 2.50 bits per heavy atom. The number of hydrogen-bond acceptors (Lipinski definition) is 5. The lowest BCUT2D eigenvalue weighted by Crippen LogP contribution is -2.51. The van der Waals surface area contributed by atoms with E-state index in [1.165, 1.54) is 0 Å². The molecule has 0 saturated carbocycles. The van der Waals surface area contributed by atoms with Crippen LogP contribution in [0.1, 0.15) is 25.5 Å². The number of aromatic nitrogens is 2. The summed E-state index contributed by atoms with van der Waals surface area (Å²) in [6.07, 6.45) is 2.51. The van der Waals surface area contributed by atoms with Crippen LogP contribution in [0.25, 0.3) is 11.0 Å². The van der Waals surface area contributed by atoms with E-state index in [1.807, 2.05) is 26.0 Å². The van der Waals surface area contributed by atoms with E-state index in [9.17, 15) is 5.11 Å². The minimum Gasteiger partial charge on any atom is -0.485 e. The lowest BCUT2D eigenvalue weighted by atomic mass is 9.87. The summed E-state index contributed by atoms with van der Waals surface area (Å²) in [4.78, 5) is 8.47. The zero-order valence-electron chi connectivity index (χ0n) is 10.3. The van der Waals surface area contributed by atoms with Crippen molar-refractivity contribution in [2.75, 3.05) is 0 Å². The fourth-order valence-corrected chi connectivity index (χ4v) is 2.30. The van der Waals surface area contributed by atoms with Crippen molar-refractivity contribution in [1.29, 1.82) is 0 Å².